The number of nitrogens with one attached hydrogen (secondary N) is 1. The summed E-state index contributed by atoms with van der Waals surface area (Å²) in [6.07, 6.45) is 3.02. The number of hydrogen-bond donors (Lipinski definition) is 1. The number of aromatic nitrogens is 1. The number of fused-ring (bicyclic) bond motifs is 1. The van der Waals surface area contributed by atoms with Crippen LogP contribution in [0.15, 0.2) is 48.7 Å². The Labute approximate surface area is 180 Å². The molecule has 0 unspecified atom stereocenters. The summed E-state index contributed by atoms with van der Waals surface area (Å²) in [5.74, 6) is 0.641. The van der Waals surface area contributed by atoms with Gasteiger partial charge >= 0.3 is 0 Å². The summed E-state index contributed by atoms with van der Waals surface area (Å²) in [4.78, 5) is 19.3. The van der Waals surface area contributed by atoms with E-state index in [1.54, 1.807) is 25.4 Å². The van der Waals surface area contributed by atoms with E-state index in [-0.39, 0.29) is 11.8 Å². The van der Waals surface area contributed by atoms with Gasteiger partial charge in [0.15, 0.2) is 0 Å². The van der Waals surface area contributed by atoms with Crippen LogP contribution in [0.25, 0.3) is 10.9 Å². The fraction of sp³-hybridized carbons (Fsp3) is 0.261. The number of benzene rings is 2. The molecule has 30 heavy (non-hydrogen) atoms. The third-order valence-corrected chi connectivity index (χ3v) is 5.68. The number of anilines is 2. The molecule has 0 radical (unpaired) electrons. The lowest BCUT2D eigenvalue weighted by Gasteiger charge is -2.34. The molecule has 0 atom stereocenters. The van der Waals surface area contributed by atoms with E-state index >= 15 is 0 Å². The van der Waals surface area contributed by atoms with Crippen LogP contribution in [0.5, 0.6) is 5.75 Å². The Kier molecular flexibility index (Phi) is 5.73. The van der Waals surface area contributed by atoms with E-state index < -0.39 is 0 Å². The molecule has 1 aliphatic rings. The third kappa shape index (κ3) is 4.03. The van der Waals surface area contributed by atoms with Crippen LogP contribution >= 0.6 is 11.6 Å². The van der Waals surface area contributed by atoms with Crippen molar-refractivity contribution in [3.05, 3.63) is 59.2 Å². The van der Waals surface area contributed by atoms with Gasteiger partial charge in [0.05, 0.1) is 23.9 Å². The van der Waals surface area contributed by atoms with Crippen molar-refractivity contribution in [2.45, 2.75) is 12.8 Å². The van der Waals surface area contributed by atoms with Crippen LogP contribution in [-0.2, 0) is 4.79 Å². The quantitative estimate of drug-likeness (QED) is 0.666. The molecule has 1 aromatic heterocycles. The highest BCUT2D eigenvalue weighted by atomic mass is 35.5. The van der Waals surface area contributed by atoms with E-state index in [0.717, 1.165) is 22.3 Å². The maximum atomic E-state index is 12.7. The molecule has 1 N–H and O–H groups in total. The molecule has 2 aromatic carbocycles. The molecule has 1 aliphatic heterocycles. The van der Waals surface area contributed by atoms with Crippen LogP contribution in [0.4, 0.5) is 11.4 Å². The van der Waals surface area contributed by atoms with E-state index in [1.165, 1.54) is 0 Å². The minimum absolute atomic E-state index is 0.00162. The summed E-state index contributed by atoms with van der Waals surface area (Å²) in [5, 5.41) is 14.1. The molecule has 0 bridgehead atoms. The largest absolute Gasteiger partial charge is 0.497 e. The first-order chi connectivity index (χ1) is 14.6. The number of carbonyl (C=O) groups excluding carboxylic acids is 1. The molecule has 1 fully saturated rings. The van der Waals surface area contributed by atoms with Crippen molar-refractivity contribution in [1.82, 2.24) is 4.98 Å². The summed E-state index contributed by atoms with van der Waals surface area (Å²) >= 11 is 6.00. The van der Waals surface area contributed by atoms with Crippen LogP contribution in [0, 0.1) is 17.2 Å². The van der Waals surface area contributed by atoms with Gasteiger partial charge in [-0.15, -0.1) is 0 Å². The second-order valence-corrected chi connectivity index (χ2v) is 7.71. The van der Waals surface area contributed by atoms with Crippen LogP contribution in [0.1, 0.15) is 18.4 Å². The zero-order valence-electron chi connectivity index (χ0n) is 16.6. The van der Waals surface area contributed by atoms with Crippen molar-refractivity contribution in [3.63, 3.8) is 0 Å². The molecule has 0 aliphatic carbocycles. The lowest BCUT2D eigenvalue weighted by atomic mass is 9.94. The van der Waals surface area contributed by atoms with Crippen molar-refractivity contribution in [2.75, 3.05) is 30.4 Å². The molecule has 7 heteroatoms. The van der Waals surface area contributed by atoms with Gasteiger partial charge in [-0.05, 0) is 43.2 Å². The summed E-state index contributed by atoms with van der Waals surface area (Å²) < 4.78 is 5.29. The standard InChI is InChI=1S/C23H21ClN4O2/c1-30-19-5-6-20-21(12-19)26-14-16(13-25)22(20)28-9-7-15(8-10-28)23(29)27-18-4-2-3-17(24)11-18/h2-6,11-12,14-15H,7-10H2,1H3,(H,27,29). The first-order valence-corrected chi connectivity index (χ1v) is 10.1. The summed E-state index contributed by atoms with van der Waals surface area (Å²) in [6, 6.07) is 15.1. The summed E-state index contributed by atoms with van der Waals surface area (Å²) in [7, 11) is 1.62. The number of nitriles is 1. The van der Waals surface area contributed by atoms with E-state index in [2.05, 4.69) is 21.3 Å². The number of hydrogen-bond acceptors (Lipinski definition) is 5. The number of methoxy groups -OCH3 is 1. The van der Waals surface area contributed by atoms with Crippen molar-refractivity contribution in [3.8, 4) is 11.8 Å². The highest BCUT2D eigenvalue weighted by molar-refractivity contribution is 6.30. The molecule has 0 spiro atoms. The van der Waals surface area contributed by atoms with E-state index in [9.17, 15) is 10.1 Å². The molecule has 152 valence electrons. The van der Waals surface area contributed by atoms with E-state index in [1.807, 2.05) is 30.3 Å². The normalized spacial score (nSPS) is 14.4. The number of piperidine rings is 1. The molecule has 4 rings (SSSR count). The van der Waals surface area contributed by atoms with Crippen molar-refractivity contribution < 1.29 is 9.53 Å². The zero-order valence-corrected chi connectivity index (χ0v) is 17.3. The number of ether oxygens (including phenoxy) is 1. The minimum atomic E-state index is -0.0843. The average Bonchev–Trinajstić information content (AvgIpc) is 2.78. The lowest BCUT2D eigenvalue weighted by Crippen LogP contribution is -2.38. The van der Waals surface area contributed by atoms with Gasteiger partial charge < -0.3 is 15.0 Å². The highest BCUT2D eigenvalue weighted by Gasteiger charge is 2.27. The second kappa shape index (κ2) is 8.60. The summed E-state index contributed by atoms with van der Waals surface area (Å²) in [6.45, 7) is 1.38. The predicted molar refractivity (Wildman–Crippen MR) is 118 cm³/mol. The first-order valence-electron chi connectivity index (χ1n) is 9.77. The number of amides is 1. The molecule has 3 aromatic rings. The van der Waals surface area contributed by atoms with Gasteiger partial charge in [-0.3, -0.25) is 9.78 Å². The topological polar surface area (TPSA) is 78.2 Å². The fourth-order valence-corrected chi connectivity index (χ4v) is 4.07. The number of carbonyl (C=O) groups is 1. The Hall–Kier alpha value is -3.30. The smallest absolute Gasteiger partial charge is 0.227 e. The molecular weight excluding hydrogens is 400 g/mol. The van der Waals surface area contributed by atoms with Gasteiger partial charge in [-0.1, -0.05) is 17.7 Å². The second-order valence-electron chi connectivity index (χ2n) is 7.28. The molecule has 1 amide bonds. The number of rotatable bonds is 4. The Morgan fingerprint density at radius 3 is 2.77 bits per heavy atom. The first kappa shape index (κ1) is 20.0. The Morgan fingerprint density at radius 2 is 2.07 bits per heavy atom. The number of pyridine rings is 1. The minimum Gasteiger partial charge on any atom is -0.497 e. The van der Waals surface area contributed by atoms with Gasteiger partial charge in [-0.2, -0.15) is 5.26 Å². The van der Waals surface area contributed by atoms with Crippen molar-refractivity contribution in [1.29, 1.82) is 5.26 Å². The lowest BCUT2D eigenvalue weighted by molar-refractivity contribution is -0.120. The van der Waals surface area contributed by atoms with Crippen molar-refractivity contribution in [2.24, 2.45) is 5.92 Å². The highest BCUT2D eigenvalue weighted by Crippen LogP contribution is 2.34. The van der Waals surface area contributed by atoms with Gasteiger partial charge in [0.1, 0.15) is 11.8 Å². The Balaban J connectivity index is 1.52. The van der Waals surface area contributed by atoms with Gasteiger partial charge in [0, 0.05) is 47.4 Å². The summed E-state index contributed by atoms with van der Waals surface area (Å²) in [5.41, 5.74) is 2.90. The van der Waals surface area contributed by atoms with E-state index in [0.29, 0.717) is 42.2 Å². The molecular formula is C23H21ClN4O2. The van der Waals surface area contributed by atoms with Crippen molar-refractivity contribution >= 4 is 39.8 Å². The molecule has 1 saturated heterocycles. The average molecular weight is 421 g/mol. The van der Waals surface area contributed by atoms with Gasteiger partial charge in [-0.25, -0.2) is 0 Å². The molecule has 6 nitrogen and oxygen atoms in total. The number of nitrogens with zero attached hydrogens (tertiary/aromatic N) is 3. The maximum Gasteiger partial charge on any atom is 0.227 e. The van der Waals surface area contributed by atoms with Crippen LogP contribution in [0.2, 0.25) is 5.02 Å². The number of halogens is 1. The van der Waals surface area contributed by atoms with Gasteiger partial charge in [0.25, 0.3) is 0 Å². The van der Waals surface area contributed by atoms with Gasteiger partial charge in [0.2, 0.25) is 5.91 Å². The van der Waals surface area contributed by atoms with E-state index in [4.69, 9.17) is 16.3 Å². The SMILES string of the molecule is COc1ccc2c(N3CCC(C(=O)Nc4cccc(Cl)c4)CC3)c(C#N)cnc2c1. The zero-order chi connectivity index (χ0) is 21.1. The molecule has 0 saturated carbocycles. The van der Waals surface area contributed by atoms with Crippen LogP contribution in [-0.4, -0.2) is 31.1 Å². The Bertz CT molecular complexity index is 1130. The fourth-order valence-electron chi connectivity index (χ4n) is 3.88. The molecule has 2 heterocycles. The monoisotopic (exact) mass is 420 g/mol. The third-order valence-electron chi connectivity index (χ3n) is 5.44. The maximum absolute atomic E-state index is 12.7. The Morgan fingerprint density at radius 1 is 1.27 bits per heavy atom. The predicted octanol–water partition coefficient (Wildman–Crippen LogP) is 4.62. The van der Waals surface area contributed by atoms with Crippen LogP contribution < -0.4 is 15.0 Å². The van der Waals surface area contributed by atoms with Crippen LogP contribution in [0.3, 0.4) is 0 Å².